The number of hydrogen-bond donors (Lipinski definition) is 1. The summed E-state index contributed by atoms with van der Waals surface area (Å²) >= 11 is 0. The molecule has 35 heavy (non-hydrogen) atoms. The zero-order valence-electron chi connectivity index (χ0n) is 19.4. The van der Waals surface area contributed by atoms with E-state index in [0.717, 1.165) is 17.7 Å². The van der Waals surface area contributed by atoms with Gasteiger partial charge in [0.15, 0.2) is 5.69 Å². The predicted molar refractivity (Wildman–Crippen MR) is 127 cm³/mol. The molecule has 10 heteroatoms. The monoisotopic (exact) mass is 477 g/mol. The number of methoxy groups -OCH3 is 1. The summed E-state index contributed by atoms with van der Waals surface area (Å²) in [4.78, 5) is 41.4. The number of aryl methyl sites for hydroxylation is 1. The quantitative estimate of drug-likeness (QED) is 0.608. The Morgan fingerprint density at radius 1 is 1.06 bits per heavy atom. The topological polar surface area (TPSA) is 111 Å². The summed E-state index contributed by atoms with van der Waals surface area (Å²) in [6.45, 7) is 2.89. The van der Waals surface area contributed by atoms with Gasteiger partial charge in [-0.1, -0.05) is 0 Å². The summed E-state index contributed by atoms with van der Waals surface area (Å²) in [6, 6.07) is 9.41. The molecule has 0 aliphatic carbocycles. The van der Waals surface area contributed by atoms with Crippen molar-refractivity contribution in [3.8, 4) is 11.4 Å². The average Bonchev–Trinajstić information content (AvgIpc) is 3.44. The number of carbonyl (C=O) groups excluding carboxylic acids is 3. The van der Waals surface area contributed by atoms with Crippen LogP contribution in [0, 0.1) is 12.7 Å². The Kier molecular flexibility index (Phi) is 5.50. The maximum absolute atomic E-state index is 13.8. The van der Waals surface area contributed by atoms with Gasteiger partial charge in [-0.05, 0) is 55.7 Å². The molecule has 1 saturated heterocycles. The lowest BCUT2D eigenvalue weighted by Gasteiger charge is -2.29. The third-order valence-electron chi connectivity index (χ3n) is 6.48. The number of benzene rings is 2. The molecule has 3 amide bonds. The molecule has 2 aliphatic heterocycles. The second kappa shape index (κ2) is 8.53. The lowest BCUT2D eigenvalue weighted by atomic mass is 10.0. The summed E-state index contributed by atoms with van der Waals surface area (Å²) in [6.07, 6.45) is 1.72. The van der Waals surface area contributed by atoms with E-state index >= 15 is 0 Å². The molecule has 0 saturated carbocycles. The van der Waals surface area contributed by atoms with Crippen LogP contribution in [0.2, 0.25) is 0 Å². The lowest BCUT2D eigenvalue weighted by Crippen LogP contribution is -2.39. The van der Waals surface area contributed by atoms with Crippen molar-refractivity contribution in [2.24, 2.45) is 5.73 Å². The number of halogens is 1. The first kappa shape index (κ1) is 22.6. The van der Waals surface area contributed by atoms with Gasteiger partial charge in [0, 0.05) is 42.5 Å². The molecule has 0 spiro atoms. The maximum atomic E-state index is 13.8. The average molecular weight is 477 g/mol. The number of hydrogen-bond acceptors (Lipinski definition) is 5. The number of primary amides is 1. The van der Waals surface area contributed by atoms with Gasteiger partial charge in [-0.3, -0.25) is 14.4 Å². The lowest BCUT2D eigenvalue weighted by molar-refractivity contribution is -0.117. The molecule has 0 atom stereocenters. The van der Waals surface area contributed by atoms with E-state index in [-0.39, 0.29) is 29.0 Å². The highest BCUT2D eigenvalue weighted by atomic mass is 19.1. The van der Waals surface area contributed by atoms with Crippen LogP contribution in [0.5, 0.6) is 5.75 Å². The Bertz CT molecular complexity index is 1380. The minimum Gasteiger partial charge on any atom is -0.494 e. The zero-order chi connectivity index (χ0) is 24.9. The zero-order valence-corrected chi connectivity index (χ0v) is 19.4. The number of nitrogens with two attached hydrogens (primary N) is 1. The first-order valence-corrected chi connectivity index (χ1v) is 11.3. The van der Waals surface area contributed by atoms with Crippen LogP contribution in [0.25, 0.3) is 5.69 Å². The molecule has 2 N–H and O–H groups in total. The van der Waals surface area contributed by atoms with E-state index in [1.54, 1.807) is 9.80 Å². The van der Waals surface area contributed by atoms with Crippen LogP contribution in [-0.4, -0.2) is 47.7 Å². The van der Waals surface area contributed by atoms with Gasteiger partial charge in [0.2, 0.25) is 5.91 Å². The summed E-state index contributed by atoms with van der Waals surface area (Å²) in [5.74, 6) is -1.38. The number of ether oxygens (including phenoxy) is 1. The third kappa shape index (κ3) is 3.71. The minimum atomic E-state index is -0.752. The highest BCUT2D eigenvalue weighted by molar-refractivity contribution is 6.10. The van der Waals surface area contributed by atoms with Crippen LogP contribution >= 0.6 is 0 Å². The summed E-state index contributed by atoms with van der Waals surface area (Å²) in [7, 11) is 1.38. The molecule has 180 valence electrons. The predicted octanol–water partition coefficient (Wildman–Crippen LogP) is 2.76. The molecule has 2 aromatic carbocycles. The van der Waals surface area contributed by atoms with E-state index < -0.39 is 11.7 Å². The Morgan fingerprint density at radius 2 is 1.83 bits per heavy atom. The number of anilines is 2. The standard InChI is InChI=1S/C25H24FN5O4/c1-14-12-16(29-10-3-4-21(29)32)6-8-18(14)30-11-9-17-22(24(27)33)28-31(23(17)25(30)34)19-7-5-15(26)13-20(19)35-2/h5-8,12-13H,3-4,9-11H2,1-2H3,(H2,27,33). The van der Waals surface area contributed by atoms with Crippen molar-refractivity contribution < 1.29 is 23.5 Å². The number of nitrogens with zero attached hydrogens (tertiary/aromatic N) is 4. The number of amides is 3. The Balaban J connectivity index is 1.58. The number of carbonyl (C=O) groups is 3. The number of rotatable bonds is 5. The summed E-state index contributed by atoms with van der Waals surface area (Å²) in [5, 5.41) is 4.32. The molecule has 9 nitrogen and oxygen atoms in total. The Hall–Kier alpha value is -4.21. The van der Waals surface area contributed by atoms with Gasteiger partial charge in [-0.25, -0.2) is 9.07 Å². The van der Waals surface area contributed by atoms with Crippen molar-refractivity contribution >= 4 is 29.1 Å². The third-order valence-corrected chi connectivity index (χ3v) is 6.48. The minimum absolute atomic E-state index is 0.000932. The van der Waals surface area contributed by atoms with E-state index in [4.69, 9.17) is 10.5 Å². The van der Waals surface area contributed by atoms with Crippen molar-refractivity contribution in [2.75, 3.05) is 30.0 Å². The summed E-state index contributed by atoms with van der Waals surface area (Å²) in [5.41, 5.74) is 8.82. The smallest absolute Gasteiger partial charge is 0.277 e. The number of aromatic nitrogens is 2. The van der Waals surface area contributed by atoms with Crippen LogP contribution in [0.3, 0.4) is 0 Å². The second-order valence-corrected chi connectivity index (χ2v) is 8.59. The van der Waals surface area contributed by atoms with Crippen molar-refractivity contribution in [2.45, 2.75) is 26.2 Å². The maximum Gasteiger partial charge on any atom is 0.277 e. The van der Waals surface area contributed by atoms with E-state index in [1.807, 2.05) is 25.1 Å². The second-order valence-electron chi connectivity index (χ2n) is 8.59. The number of fused-ring (bicyclic) bond motifs is 1. The molecule has 3 aromatic rings. The molecule has 0 bridgehead atoms. The van der Waals surface area contributed by atoms with Gasteiger partial charge >= 0.3 is 0 Å². The van der Waals surface area contributed by atoms with E-state index in [1.165, 1.54) is 30.0 Å². The Labute approximate surface area is 200 Å². The molecular weight excluding hydrogens is 453 g/mol. The fourth-order valence-corrected chi connectivity index (χ4v) is 4.82. The van der Waals surface area contributed by atoms with E-state index in [9.17, 15) is 18.8 Å². The molecule has 0 unspecified atom stereocenters. The van der Waals surface area contributed by atoms with Gasteiger partial charge in [0.05, 0.1) is 7.11 Å². The molecule has 2 aliphatic rings. The first-order chi connectivity index (χ1) is 16.8. The molecule has 5 rings (SSSR count). The SMILES string of the molecule is COc1cc(F)ccc1-n1nc(C(N)=O)c2c1C(=O)N(c1ccc(N3CCCC3=O)cc1C)CC2. The molecule has 0 radical (unpaired) electrons. The molecule has 1 fully saturated rings. The molecular formula is C25H24FN5O4. The largest absolute Gasteiger partial charge is 0.494 e. The highest BCUT2D eigenvalue weighted by Crippen LogP contribution is 2.34. The molecule has 1 aromatic heterocycles. The van der Waals surface area contributed by atoms with Crippen LogP contribution in [-0.2, 0) is 11.2 Å². The van der Waals surface area contributed by atoms with E-state index in [2.05, 4.69) is 5.10 Å². The fraction of sp³-hybridized carbons (Fsp3) is 0.280. The first-order valence-electron chi connectivity index (χ1n) is 11.3. The fourth-order valence-electron chi connectivity index (χ4n) is 4.82. The van der Waals surface area contributed by atoms with Gasteiger partial charge in [-0.15, -0.1) is 0 Å². The van der Waals surface area contributed by atoms with Crippen LogP contribution < -0.4 is 20.3 Å². The van der Waals surface area contributed by atoms with Gasteiger partial charge in [0.25, 0.3) is 11.8 Å². The van der Waals surface area contributed by atoms with Crippen molar-refractivity contribution in [3.63, 3.8) is 0 Å². The normalized spacial score (nSPS) is 15.5. The summed E-state index contributed by atoms with van der Waals surface area (Å²) < 4.78 is 20.4. The van der Waals surface area contributed by atoms with Crippen molar-refractivity contribution in [1.82, 2.24) is 9.78 Å². The van der Waals surface area contributed by atoms with Gasteiger partial charge < -0.3 is 20.3 Å². The van der Waals surface area contributed by atoms with Crippen molar-refractivity contribution in [3.05, 3.63) is 64.7 Å². The highest BCUT2D eigenvalue weighted by Gasteiger charge is 2.36. The van der Waals surface area contributed by atoms with Crippen LogP contribution in [0.15, 0.2) is 36.4 Å². The Morgan fingerprint density at radius 3 is 2.49 bits per heavy atom. The van der Waals surface area contributed by atoms with Crippen LogP contribution in [0.4, 0.5) is 15.8 Å². The van der Waals surface area contributed by atoms with Gasteiger partial charge in [0.1, 0.15) is 22.9 Å². The molecule has 3 heterocycles. The van der Waals surface area contributed by atoms with Gasteiger partial charge in [-0.2, -0.15) is 5.10 Å². The van der Waals surface area contributed by atoms with Crippen LogP contribution in [0.1, 0.15) is 44.9 Å². The van der Waals surface area contributed by atoms with Crippen molar-refractivity contribution in [1.29, 1.82) is 0 Å². The van der Waals surface area contributed by atoms with E-state index in [0.29, 0.717) is 42.9 Å².